The van der Waals surface area contributed by atoms with E-state index in [0.29, 0.717) is 5.69 Å². The maximum absolute atomic E-state index is 13.2. The molecule has 1 aromatic carbocycles. The number of piperazine rings is 1. The Hall–Kier alpha value is -2.29. The van der Waals surface area contributed by atoms with Gasteiger partial charge in [-0.3, -0.25) is 9.69 Å². The quantitative estimate of drug-likeness (QED) is 0.722. The van der Waals surface area contributed by atoms with Crippen molar-refractivity contribution >= 4 is 50.6 Å². The average Bonchev–Trinajstić information content (AvgIpc) is 3.14. The fourth-order valence-corrected chi connectivity index (χ4v) is 4.03. The first-order valence-corrected chi connectivity index (χ1v) is 9.76. The van der Waals surface area contributed by atoms with Crippen molar-refractivity contribution in [3.8, 4) is 0 Å². The first-order valence-electron chi connectivity index (χ1n) is 8.50. The van der Waals surface area contributed by atoms with Crippen LogP contribution in [0.3, 0.4) is 0 Å². The monoisotopic (exact) mass is 405 g/mol. The second kappa shape index (κ2) is 7.75. The van der Waals surface area contributed by atoms with Gasteiger partial charge in [0.05, 0.1) is 17.0 Å². The summed E-state index contributed by atoms with van der Waals surface area (Å²) in [5.74, 6) is 0.301. The zero-order valence-electron chi connectivity index (χ0n) is 14.4. The molecule has 0 saturated carbocycles. The molecule has 0 radical (unpaired) electrons. The summed E-state index contributed by atoms with van der Waals surface area (Å²) in [6.07, 6.45) is 1.60. The number of carbonyl (C=O) groups is 1. The molecule has 0 spiro atoms. The molecule has 2 aromatic heterocycles. The second-order valence-electron chi connectivity index (χ2n) is 6.28. The number of rotatable bonds is 4. The fourth-order valence-electron chi connectivity index (χ4n) is 3.12. The van der Waals surface area contributed by atoms with Gasteiger partial charge in [0.1, 0.15) is 22.8 Å². The van der Waals surface area contributed by atoms with E-state index in [9.17, 15) is 9.18 Å². The number of nitrogens with zero attached hydrogens (tertiary/aromatic N) is 4. The van der Waals surface area contributed by atoms with Crippen molar-refractivity contribution in [3.05, 3.63) is 46.8 Å². The Labute approximate surface area is 164 Å². The maximum atomic E-state index is 13.2. The minimum atomic E-state index is -0.504. The molecule has 0 unspecified atom stereocenters. The normalized spacial score (nSPS) is 15.3. The maximum Gasteiger partial charge on any atom is 0.238 e. The Balaban J connectivity index is 1.33. The number of fused-ring (bicyclic) bond motifs is 1. The van der Waals surface area contributed by atoms with E-state index in [1.54, 1.807) is 17.7 Å². The third-order valence-corrected chi connectivity index (χ3v) is 5.59. The number of carbonyl (C=O) groups excluding carboxylic acids is 1. The zero-order valence-corrected chi connectivity index (χ0v) is 15.9. The Kier molecular flexibility index (Phi) is 5.20. The van der Waals surface area contributed by atoms with Crippen LogP contribution in [-0.4, -0.2) is 53.5 Å². The number of benzene rings is 1. The molecule has 1 fully saturated rings. The summed E-state index contributed by atoms with van der Waals surface area (Å²) in [7, 11) is 0. The number of hydrogen-bond donors (Lipinski definition) is 1. The van der Waals surface area contributed by atoms with E-state index >= 15 is 0 Å². The fraction of sp³-hybridized carbons (Fsp3) is 0.278. The average molecular weight is 406 g/mol. The number of amides is 1. The van der Waals surface area contributed by atoms with Crippen molar-refractivity contribution in [3.63, 3.8) is 0 Å². The van der Waals surface area contributed by atoms with Crippen LogP contribution in [0.5, 0.6) is 0 Å². The van der Waals surface area contributed by atoms with Gasteiger partial charge in [-0.05, 0) is 29.6 Å². The van der Waals surface area contributed by atoms with Gasteiger partial charge < -0.3 is 10.2 Å². The van der Waals surface area contributed by atoms with Crippen molar-refractivity contribution in [2.75, 3.05) is 42.9 Å². The highest BCUT2D eigenvalue weighted by Crippen LogP contribution is 2.27. The molecule has 27 heavy (non-hydrogen) atoms. The second-order valence-corrected chi connectivity index (χ2v) is 7.58. The summed E-state index contributed by atoms with van der Waals surface area (Å²) >= 11 is 7.35. The van der Waals surface area contributed by atoms with Crippen LogP contribution in [0.25, 0.3) is 10.2 Å². The molecule has 1 aliphatic rings. The van der Waals surface area contributed by atoms with Crippen LogP contribution in [0, 0.1) is 5.82 Å². The SMILES string of the molecule is O=C(CN1CCN(c2ncnc3sccc23)CC1)Nc1ccc(F)c(Cl)c1. The largest absolute Gasteiger partial charge is 0.353 e. The first kappa shape index (κ1) is 18.1. The minimum Gasteiger partial charge on any atom is -0.353 e. The molecule has 3 aromatic rings. The third kappa shape index (κ3) is 4.02. The van der Waals surface area contributed by atoms with E-state index in [1.807, 2.05) is 11.4 Å². The molecule has 6 nitrogen and oxygen atoms in total. The van der Waals surface area contributed by atoms with E-state index in [2.05, 4.69) is 25.1 Å². The van der Waals surface area contributed by atoms with Crippen LogP contribution in [0.15, 0.2) is 36.0 Å². The lowest BCUT2D eigenvalue weighted by Crippen LogP contribution is -2.49. The van der Waals surface area contributed by atoms with Crippen molar-refractivity contribution in [1.29, 1.82) is 0 Å². The highest BCUT2D eigenvalue weighted by molar-refractivity contribution is 7.16. The summed E-state index contributed by atoms with van der Waals surface area (Å²) in [5.41, 5.74) is 0.492. The Morgan fingerprint density at radius 2 is 2.04 bits per heavy atom. The van der Waals surface area contributed by atoms with Crippen LogP contribution < -0.4 is 10.2 Å². The molecule has 1 amide bonds. The summed E-state index contributed by atoms with van der Waals surface area (Å²) in [5, 5.41) is 5.84. The van der Waals surface area contributed by atoms with Crippen LogP contribution in [-0.2, 0) is 4.79 Å². The van der Waals surface area contributed by atoms with Crippen LogP contribution >= 0.6 is 22.9 Å². The van der Waals surface area contributed by atoms with Crippen molar-refractivity contribution in [2.45, 2.75) is 0 Å². The van der Waals surface area contributed by atoms with Gasteiger partial charge in [0.25, 0.3) is 0 Å². The molecule has 0 bridgehead atoms. The van der Waals surface area contributed by atoms with E-state index in [0.717, 1.165) is 42.2 Å². The lowest BCUT2D eigenvalue weighted by Gasteiger charge is -2.35. The number of nitrogens with one attached hydrogen (secondary N) is 1. The molecule has 3 heterocycles. The Morgan fingerprint density at radius 3 is 2.81 bits per heavy atom. The zero-order chi connectivity index (χ0) is 18.8. The predicted molar refractivity (Wildman–Crippen MR) is 106 cm³/mol. The van der Waals surface area contributed by atoms with E-state index < -0.39 is 5.82 Å². The highest BCUT2D eigenvalue weighted by atomic mass is 35.5. The molecule has 1 saturated heterocycles. The van der Waals surface area contributed by atoms with Crippen LogP contribution in [0.1, 0.15) is 0 Å². The van der Waals surface area contributed by atoms with Gasteiger partial charge in [0.15, 0.2) is 0 Å². The smallest absolute Gasteiger partial charge is 0.238 e. The van der Waals surface area contributed by atoms with E-state index in [1.165, 1.54) is 18.2 Å². The van der Waals surface area contributed by atoms with Gasteiger partial charge in [0, 0.05) is 31.9 Å². The molecule has 4 rings (SSSR count). The van der Waals surface area contributed by atoms with Gasteiger partial charge >= 0.3 is 0 Å². The molecular formula is C18H17ClFN5OS. The number of aromatic nitrogens is 2. The number of thiophene rings is 1. The van der Waals surface area contributed by atoms with Crippen molar-refractivity contribution < 1.29 is 9.18 Å². The van der Waals surface area contributed by atoms with Gasteiger partial charge in [-0.15, -0.1) is 11.3 Å². The molecular weight excluding hydrogens is 389 g/mol. The summed E-state index contributed by atoms with van der Waals surface area (Å²) < 4.78 is 13.2. The molecule has 1 aliphatic heterocycles. The van der Waals surface area contributed by atoms with Gasteiger partial charge in [-0.2, -0.15) is 0 Å². The van der Waals surface area contributed by atoms with Crippen LogP contribution in [0.4, 0.5) is 15.9 Å². The Morgan fingerprint density at radius 1 is 1.22 bits per heavy atom. The standard InChI is InChI=1S/C18H17ClFN5OS/c19-14-9-12(1-2-15(14)20)23-16(26)10-24-4-6-25(7-5-24)17-13-3-8-27-18(13)22-11-21-17/h1-3,8-9,11H,4-7,10H2,(H,23,26). The van der Waals surface area contributed by atoms with Gasteiger partial charge in [-0.1, -0.05) is 11.6 Å². The third-order valence-electron chi connectivity index (χ3n) is 4.48. The molecule has 0 atom stereocenters. The van der Waals surface area contributed by atoms with Crippen molar-refractivity contribution in [2.24, 2.45) is 0 Å². The van der Waals surface area contributed by atoms with E-state index in [-0.39, 0.29) is 17.5 Å². The number of anilines is 2. The summed E-state index contributed by atoms with van der Waals surface area (Å²) in [6, 6.07) is 6.19. The van der Waals surface area contributed by atoms with E-state index in [4.69, 9.17) is 11.6 Å². The highest BCUT2D eigenvalue weighted by Gasteiger charge is 2.21. The molecule has 140 valence electrons. The molecule has 0 aliphatic carbocycles. The number of halogens is 2. The van der Waals surface area contributed by atoms with Gasteiger partial charge in [0.2, 0.25) is 5.91 Å². The summed E-state index contributed by atoms with van der Waals surface area (Å²) in [4.78, 5) is 26.3. The van der Waals surface area contributed by atoms with Crippen LogP contribution in [0.2, 0.25) is 5.02 Å². The number of hydrogen-bond acceptors (Lipinski definition) is 6. The Bertz CT molecular complexity index is 973. The summed E-state index contributed by atoms with van der Waals surface area (Å²) in [6.45, 7) is 3.37. The van der Waals surface area contributed by atoms with Crippen molar-refractivity contribution in [1.82, 2.24) is 14.9 Å². The lowest BCUT2D eigenvalue weighted by atomic mass is 10.2. The van der Waals surface area contributed by atoms with Gasteiger partial charge in [-0.25, -0.2) is 14.4 Å². The predicted octanol–water partition coefficient (Wildman–Crippen LogP) is 3.24. The topological polar surface area (TPSA) is 61.4 Å². The first-order chi connectivity index (χ1) is 13.1. The molecule has 1 N–H and O–H groups in total. The minimum absolute atomic E-state index is 0.00832. The lowest BCUT2D eigenvalue weighted by molar-refractivity contribution is -0.117. The molecule has 9 heteroatoms.